The van der Waals surface area contributed by atoms with Gasteiger partial charge >= 0.3 is 5.97 Å². The van der Waals surface area contributed by atoms with Crippen molar-refractivity contribution in [1.29, 1.82) is 0 Å². The molecule has 3 aliphatic rings. The van der Waals surface area contributed by atoms with Crippen LogP contribution < -0.4 is 0 Å². The van der Waals surface area contributed by atoms with Crippen LogP contribution in [0.3, 0.4) is 0 Å². The van der Waals surface area contributed by atoms with E-state index in [4.69, 9.17) is 9.47 Å². The molecule has 0 spiro atoms. The van der Waals surface area contributed by atoms with Crippen LogP contribution in [-0.2, 0) is 14.3 Å². The predicted octanol–water partition coefficient (Wildman–Crippen LogP) is 2.46. The molecular formula is C18H32N2O3. The number of carbonyl (C=O) groups is 1. The minimum atomic E-state index is -0.0162. The van der Waals surface area contributed by atoms with Crippen LogP contribution in [0.15, 0.2) is 0 Å². The summed E-state index contributed by atoms with van der Waals surface area (Å²) in [5, 5.41) is 0. The van der Waals surface area contributed by atoms with E-state index in [-0.39, 0.29) is 11.9 Å². The minimum Gasteiger partial charge on any atom is -0.466 e. The summed E-state index contributed by atoms with van der Waals surface area (Å²) < 4.78 is 11.3. The highest BCUT2D eigenvalue weighted by atomic mass is 16.5. The fourth-order valence-electron chi connectivity index (χ4n) is 4.29. The summed E-state index contributed by atoms with van der Waals surface area (Å²) >= 11 is 0. The standard InChI is InChI=1S/C18H32N2O3/c1-3-22-18(21)15-6-8-16(9-7-15)23-13-19-10-4-5-17(19)20-11-14(2)12-20/h14-17H,3-13H2,1-2H3/t15?,16?,17-/m1/s1. The van der Waals surface area contributed by atoms with Crippen molar-refractivity contribution in [3.63, 3.8) is 0 Å². The largest absolute Gasteiger partial charge is 0.466 e. The first kappa shape index (κ1) is 17.2. The maximum absolute atomic E-state index is 11.8. The second-order valence-corrected chi connectivity index (χ2v) is 7.52. The molecule has 1 saturated carbocycles. The molecule has 2 heterocycles. The number of hydrogen-bond acceptors (Lipinski definition) is 5. The lowest BCUT2D eigenvalue weighted by Crippen LogP contribution is -2.55. The van der Waals surface area contributed by atoms with Gasteiger partial charge < -0.3 is 9.47 Å². The lowest BCUT2D eigenvalue weighted by Gasteiger charge is -2.45. The number of nitrogens with zero attached hydrogens (tertiary/aromatic N) is 2. The number of ether oxygens (including phenoxy) is 2. The molecule has 2 saturated heterocycles. The number of rotatable bonds is 6. The van der Waals surface area contributed by atoms with Gasteiger partial charge in [0.1, 0.15) is 6.73 Å². The number of likely N-dealkylation sites (tertiary alicyclic amines) is 2. The summed E-state index contributed by atoms with van der Waals surface area (Å²) in [6.45, 7) is 9.09. The lowest BCUT2D eigenvalue weighted by molar-refractivity contribution is -0.150. The fourth-order valence-corrected chi connectivity index (χ4v) is 4.29. The van der Waals surface area contributed by atoms with Gasteiger partial charge in [-0.25, -0.2) is 0 Å². The van der Waals surface area contributed by atoms with Crippen LogP contribution in [-0.4, -0.2) is 61.0 Å². The molecule has 1 aliphatic carbocycles. The molecule has 0 radical (unpaired) electrons. The van der Waals surface area contributed by atoms with Gasteiger partial charge in [-0.05, 0) is 51.4 Å². The zero-order chi connectivity index (χ0) is 16.2. The van der Waals surface area contributed by atoms with Gasteiger partial charge in [0.15, 0.2) is 0 Å². The highest BCUT2D eigenvalue weighted by Crippen LogP contribution is 2.30. The highest BCUT2D eigenvalue weighted by molar-refractivity contribution is 5.72. The summed E-state index contributed by atoms with van der Waals surface area (Å²) in [6.07, 6.45) is 7.29. The van der Waals surface area contributed by atoms with E-state index in [0.29, 0.717) is 18.9 Å². The van der Waals surface area contributed by atoms with Crippen molar-refractivity contribution in [2.45, 2.75) is 64.6 Å². The molecule has 5 nitrogen and oxygen atoms in total. The molecule has 0 amide bonds. The number of carbonyl (C=O) groups excluding carboxylic acids is 1. The Morgan fingerprint density at radius 2 is 1.87 bits per heavy atom. The van der Waals surface area contributed by atoms with Crippen LogP contribution in [0.4, 0.5) is 0 Å². The Balaban J connectivity index is 1.37. The Bertz CT molecular complexity index is 390. The van der Waals surface area contributed by atoms with Crippen molar-refractivity contribution < 1.29 is 14.3 Å². The molecule has 3 rings (SSSR count). The Labute approximate surface area is 140 Å². The van der Waals surface area contributed by atoms with Crippen LogP contribution in [0.1, 0.15) is 52.4 Å². The van der Waals surface area contributed by atoms with Crippen molar-refractivity contribution in [2.24, 2.45) is 11.8 Å². The second kappa shape index (κ2) is 7.95. The average Bonchev–Trinajstić information content (AvgIpc) is 2.98. The predicted molar refractivity (Wildman–Crippen MR) is 88.8 cm³/mol. The Kier molecular flexibility index (Phi) is 5.94. The van der Waals surface area contributed by atoms with E-state index in [0.717, 1.165) is 44.9 Å². The lowest BCUT2D eigenvalue weighted by atomic mass is 9.87. The number of hydrogen-bond donors (Lipinski definition) is 0. The Morgan fingerprint density at radius 3 is 2.52 bits per heavy atom. The van der Waals surface area contributed by atoms with Gasteiger partial charge in [-0.1, -0.05) is 6.92 Å². The molecule has 0 aromatic heterocycles. The maximum Gasteiger partial charge on any atom is 0.308 e. The highest BCUT2D eigenvalue weighted by Gasteiger charge is 2.36. The Hall–Kier alpha value is -0.650. The van der Waals surface area contributed by atoms with E-state index in [9.17, 15) is 4.79 Å². The van der Waals surface area contributed by atoms with E-state index in [2.05, 4.69) is 16.7 Å². The first-order chi connectivity index (χ1) is 11.2. The molecule has 23 heavy (non-hydrogen) atoms. The van der Waals surface area contributed by atoms with Crippen LogP contribution in [0.25, 0.3) is 0 Å². The van der Waals surface area contributed by atoms with Crippen molar-refractivity contribution in [2.75, 3.05) is 33.0 Å². The second-order valence-electron chi connectivity index (χ2n) is 7.52. The molecule has 0 unspecified atom stereocenters. The SMILES string of the molecule is CCOC(=O)C1CCC(OCN2CCC[C@H]2N2CC(C)C2)CC1. The molecule has 2 aliphatic heterocycles. The van der Waals surface area contributed by atoms with Gasteiger partial charge in [0.05, 0.1) is 24.8 Å². The van der Waals surface area contributed by atoms with Gasteiger partial charge in [0.25, 0.3) is 0 Å². The summed E-state index contributed by atoms with van der Waals surface area (Å²) in [5.41, 5.74) is 0. The van der Waals surface area contributed by atoms with Crippen molar-refractivity contribution in [3.8, 4) is 0 Å². The third-order valence-corrected chi connectivity index (χ3v) is 5.61. The third kappa shape index (κ3) is 4.25. The molecule has 0 N–H and O–H groups in total. The smallest absolute Gasteiger partial charge is 0.308 e. The molecule has 132 valence electrons. The van der Waals surface area contributed by atoms with Crippen molar-refractivity contribution >= 4 is 5.97 Å². The van der Waals surface area contributed by atoms with Gasteiger partial charge in [-0.2, -0.15) is 0 Å². The zero-order valence-corrected chi connectivity index (χ0v) is 14.7. The first-order valence-corrected chi connectivity index (χ1v) is 9.43. The van der Waals surface area contributed by atoms with Crippen molar-refractivity contribution in [3.05, 3.63) is 0 Å². The van der Waals surface area contributed by atoms with Gasteiger partial charge in [0, 0.05) is 19.6 Å². The third-order valence-electron chi connectivity index (χ3n) is 5.61. The average molecular weight is 324 g/mol. The van der Waals surface area contributed by atoms with Crippen LogP contribution in [0.5, 0.6) is 0 Å². The monoisotopic (exact) mass is 324 g/mol. The normalized spacial score (nSPS) is 33.6. The van der Waals surface area contributed by atoms with E-state index in [1.54, 1.807) is 0 Å². The quantitative estimate of drug-likeness (QED) is 0.702. The van der Waals surface area contributed by atoms with Crippen LogP contribution >= 0.6 is 0 Å². The molecular weight excluding hydrogens is 292 g/mol. The molecule has 3 fully saturated rings. The molecule has 0 aromatic rings. The van der Waals surface area contributed by atoms with E-state index in [1.807, 2.05) is 6.92 Å². The van der Waals surface area contributed by atoms with Gasteiger partial charge in [-0.15, -0.1) is 0 Å². The van der Waals surface area contributed by atoms with Crippen LogP contribution in [0, 0.1) is 11.8 Å². The Morgan fingerprint density at radius 1 is 1.13 bits per heavy atom. The fraction of sp³-hybridized carbons (Fsp3) is 0.944. The molecule has 5 heteroatoms. The molecule has 0 aromatic carbocycles. The maximum atomic E-state index is 11.8. The number of esters is 1. The zero-order valence-electron chi connectivity index (χ0n) is 14.7. The van der Waals surface area contributed by atoms with Gasteiger partial charge in [-0.3, -0.25) is 14.6 Å². The molecule has 1 atom stereocenters. The van der Waals surface area contributed by atoms with Gasteiger partial charge in [0.2, 0.25) is 0 Å². The van der Waals surface area contributed by atoms with E-state index < -0.39 is 0 Å². The first-order valence-electron chi connectivity index (χ1n) is 9.43. The van der Waals surface area contributed by atoms with Crippen LogP contribution in [0.2, 0.25) is 0 Å². The van der Waals surface area contributed by atoms with E-state index >= 15 is 0 Å². The minimum absolute atomic E-state index is 0.0162. The van der Waals surface area contributed by atoms with E-state index in [1.165, 1.54) is 25.9 Å². The molecule has 0 bridgehead atoms. The topological polar surface area (TPSA) is 42.0 Å². The summed E-state index contributed by atoms with van der Waals surface area (Å²) in [5.74, 6) is 0.936. The van der Waals surface area contributed by atoms with Crippen molar-refractivity contribution in [1.82, 2.24) is 9.80 Å². The summed E-state index contributed by atoms with van der Waals surface area (Å²) in [7, 11) is 0. The summed E-state index contributed by atoms with van der Waals surface area (Å²) in [4.78, 5) is 16.9. The summed E-state index contributed by atoms with van der Waals surface area (Å²) in [6, 6.07) is 0.